The standard InChI is InChI=1S/C11H21FN2O/c12-11(3-5-13-6-4-11)9-14-10-2-1-7-15-8-10/h10,13-14H,1-9H2. The van der Waals surface area contributed by atoms with E-state index >= 15 is 0 Å². The fourth-order valence-electron chi connectivity index (χ4n) is 2.28. The van der Waals surface area contributed by atoms with Gasteiger partial charge in [-0.1, -0.05) is 0 Å². The minimum absolute atomic E-state index is 0.362. The summed E-state index contributed by atoms with van der Waals surface area (Å²) in [6.45, 7) is 3.71. The van der Waals surface area contributed by atoms with E-state index in [1.165, 1.54) is 0 Å². The highest BCUT2D eigenvalue weighted by Crippen LogP contribution is 2.22. The summed E-state index contributed by atoms with van der Waals surface area (Å²) in [4.78, 5) is 0. The predicted octanol–water partition coefficient (Wildman–Crippen LogP) is 0.847. The van der Waals surface area contributed by atoms with E-state index in [9.17, 15) is 4.39 Å². The van der Waals surface area contributed by atoms with Gasteiger partial charge in [0, 0.05) is 19.2 Å². The van der Waals surface area contributed by atoms with Crippen LogP contribution in [0.25, 0.3) is 0 Å². The third-order valence-electron chi connectivity index (χ3n) is 3.37. The molecule has 4 heteroatoms. The normalized spacial score (nSPS) is 31.4. The summed E-state index contributed by atoms with van der Waals surface area (Å²) >= 11 is 0. The molecule has 0 radical (unpaired) electrons. The lowest BCUT2D eigenvalue weighted by Crippen LogP contribution is -2.49. The van der Waals surface area contributed by atoms with Gasteiger partial charge in [0.2, 0.25) is 0 Å². The maximum atomic E-state index is 14.2. The number of alkyl halides is 1. The molecular formula is C11H21FN2O. The van der Waals surface area contributed by atoms with Crippen LogP contribution in [0.2, 0.25) is 0 Å². The minimum Gasteiger partial charge on any atom is -0.380 e. The van der Waals surface area contributed by atoms with Crippen molar-refractivity contribution in [2.75, 3.05) is 32.8 Å². The van der Waals surface area contributed by atoms with Gasteiger partial charge in [-0.2, -0.15) is 0 Å². The van der Waals surface area contributed by atoms with Crippen LogP contribution >= 0.6 is 0 Å². The number of ether oxygens (including phenoxy) is 1. The third kappa shape index (κ3) is 3.40. The lowest BCUT2D eigenvalue weighted by Gasteiger charge is -2.33. The van der Waals surface area contributed by atoms with E-state index in [4.69, 9.17) is 4.74 Å². The molecule has 2 saturated heterocycles. The Morgan fingerprint density at radius 3 is 2.87 bits per heavy atom. The average molecular weight is 216 g/mol. The molecule has 88 valence electrons. The van der Waals surface area contributed by atoms with E-state index < -0.39 is 5.67 Å². The second-order valence-corrected chi connectivity index (χ2v) is 4.70. The molecule has 2 fully saturated rings. The van der Waals surface area contributed by atoms with E-state index in [-0.39, 0.29) is 0 Å². The van der Waals surface area contributed by atoms with Crippen LogP contribution in [0.4, 0.5) is 4.39 Å². The summed E-state index contributed by atoms with van der Waals surface area (Å²) in [7, 11) is 0. The van der Waals surface area contributed by atoms with Crippen LogP contribution < -0.4 is 10.6 Å². The number of nitrogens with one attached hydrogen (secondary N) is 2. The molecule has 0 bridgehead atoms. The first-order valence-electron chi connectivity index (χ1n) is 5.99. The quantitative estimate of drug-likeness (QED) is 0.733. The van der Waals surface area contributed by atoms with Crippen molar-refractivity contribution in [1.29, 1.82) is 0 Å². The number of piperidine rings is 1. The Labute approximate surface area is 90.8 Å². The van der Waals surface area contributed by atoms with E-state index in [0.29, 0.717) is 25.4 Å². The van der Waals surface area contributed by atoms with Crippen LogP contribution in [0.5, 0.6) is 0 Å². The minimum atomic E-state index is -0.997. The van der Waals surface area contributed by atoms with Gasteiger partial charge >= 0.3 is 0 Å². The van der Waals surface area contributed by atoms with Gasteiger partial charge in [-0.3, -0.25) is 0 Å². The highest BCUT2D eigenvalue weighted by atomic mass is 19.1. The summed E-state index contributed by atoms with van der Waals surface area (Å²) in [6, 6.07) is 0.362. The highest BCUT2D eigenvalue weighted by Gasteiger charge is 2.32. The Morgan fingerprint density at radius 2 is 2.20 bits per heavy atom. The maximum Gasteiger partial charge on any atom is 0.125 e. The van der Waals surface area contributed by atoms with Gasteiger partial charge in [-0.15, -0.1) is 0 Å². The van der Waals surface area contributed by atoms with Crippen molar-refractivity contribution in [3.8, 4) is 0 Å². The van der Waals surface area contributed by atoms with Crippen molar-refractivity contribution in [2.24, 2.45) is 0 Å². The molecule has 0 spiro atoms. The second-order valence-electron chi connectivity index (χ2n) is 4.70. The molecule has 1 atom stereocenters. The molecular weight excluding hydrogens is 195 g/mol. The molecule has 2 rings (SSSR count). The zero-order valence-electron chi connectivity index (χ0n) is 9.23. The summed E-state index contributed by atoms with van der Waals surface area (Å²) in [5, 5.41) is 6.49. The lowest BCUT2D eigenvalue weighted by atomic mass is 9.94. The molecule has 2 heterocycles. The molecule has 0 saturated carbocycles. The molecule has 0 aromatic rings. The summed E-state index contributed by atoms with van der Waals surface area (Å²) < 4.78 is 19.5. The Kier molecular flexibility index (Phi) is 3.94. The van der Waals surface area contributed by atoms with Gasteiger partial charge in [-0.25, -0.2) is 4.39 Å². The van der Waals surface area contributed by atoms with Crippen molar-refractivity contribution in [2.45, 2.75) is 37.4 Å². The predicted molar refractivity (Wildman–Crippen MR) is 57.8 cm³/mol. The van der Waals surface area contributed by atoms with Crippen LogP contribution in [0.1, 0.15) is 25.7 Å². The highest BCUT2D eigenvalue weighted by molar-refractivity contribution is 4.88. The molecule has 2 aliphatic rings. The number of hydrogen-bond donors (Lipinski definition) is 2. The molecule has 0 amide bonds. The van der Waals surface area contributed by atoms with Crippen LogP contribution in [-0.2, 0) is 4.74 Å². The monoisotopic (exact) mass is 216 g/mol. The lowest BCUT2D eigenvalue weighted by molar-refractivity contribution is 0.0547. The first-order chi connectivity index (χ1) is 7.29. The van der Waals surface area contributed by atoms with Crippen LogP contribution in [0, 0.1) is 0 Å². The Morgan fingerprint density at radius 1 is 1.40 bits per heavy atom. The Balaban J connectivity index is 1.70. The van der Waals surface area contributed by atoms with Crippen molar-refractivity contribution in [3.05, 3.63) is 0 Å². The number of halogens is 1. The van der Waals surface area contributed by atoms with E-state index in [1.807, 2.05) is 0 Å². The van der Waals surface area contributed by atoms with Crippen molar-refractivity contribution in [3.63, 3.8) is 0 Å². The van der Waals surface area contributed by atoms with Crippen LogP contribution in [0.3, 0.4) is 0 Å². The molecule has 2 aliphatic heterocycles. The van der Waals surface area contributed by atoms with Crippen molar-refractivity contribution < 1.29 is 9.13 Å². The number of hydrogen-bond acceptors (Lipinski definition) is 3. The van der Waals surface area contributed by atoms with Gasteiger partial charge in [0.15, 0.2) is 0 Å². The molecule has 0 aromatic heterocycles. The first kappa shape index (κ1) is 11.3. The zero-order chi connectivity index (χ0) is 10.6. The summed E-state index contributed by atoms with van der Waals surface area (Å²) in [6.07, 6.45) is 3.48. The fraction of sp³-hybridized carbons (Fsp3) is 1.00. The zero-order valence-corrected chi connectivity index (χ0v) is 9.23. The van der Waals surface area contributed by atoms with E-state index in [0.717, 1.165) is 39.1 Å². The second kappa shape index (κ2) is 5.23. The molecule has 0 aromatic carbocycles. The maximum absolute atomic E-state index is 14.2. The Hall–Kier alpha value is -0.190. The first-order valence-corrected chi connectivity index (χ1v) is 5.99. The fourth-order valence-corrected chi connectivity index (χ4v) is 2.28. The number of rotatable bonds is 3. The van der Waals surface area contributed by atoms with Gasteiger partial charge in [-0.05, 0) is 38.8 Å². The molecule has 0 aliphatic carbocycles. The van der Waals surface area contributed by atoms with Gasteiger partial charge in [0.25, 0.3) is 0 Å². The van der Waals surface area contributed by atoms with Gasteiger partial charge < -0.3 is 15.4 Å². The van der Waals surface area contributed by atoms with E-state index in [1.54, 1.807) is 0 Å². The van der Waals surface area contributed by atoms with Gasteiger partial charge in [0.1, 0.15) is 5.67 Å². The van der Waals surface area contributed by atoms with Crippen LogP contribution in [-0.4, -0.2) is 44.6 Å². The molecule has 1 unspecified atom stereocenters. The Bertz CT molecular complexity index is 189. The van der Waals surface area contributed by atoms with Crippen molar-refractivity contribution in [1.82, 2.24) is 10.6 Å². The third-order valence-corrected chi connectivity index (χ3v) is 3.37. The van der Waals surface area contributed by atoms with Crippen LogP contribution in [0.15, 0.2) is 0 Å². The topological polar surface area (TPSA) is 33.3 Å². The smallest absolute Gasteiger partial charge is 0.125 e. The van der Waals surface area contributed by atoms with Gasteiger partial charge in [0.05, 0.1) is 6.61 Å². The SMILES string of the molecule is FC1(CNC2CCCOC2)CCNCC1. The van der Waals surface area contributed by atoms with E-state index in [2.05, 4.69) is 10.6 Å². The molecule has 3 nitrogen and oxygen atoms in total. The average Bonchev–Trinajstić information content (AvgIpc) is 2.29. The van der Waals surface area contributed by atoms with Crippen molar-refractivity contribution >= 4 is 0 Å². The largest absolute Gasteiger partial charge is 0.380 e. The molecule has 2 N–H and O–H groups in total. The summed E-state index contributed by atoms with van der Waals surface area (Å²) in [5.74, 6) is 0. The summed E-state index contributed by atoms with van der Waals surface area (Å²) in [5.41, 5.74) is -0.997. The molecule has 15 heavy (non-hydrogen) atoms.